The first-order chi connectivity index (χ1) is 11.5. The summed E-state index contributed by atoms with van der Waals surface area (Å²) in [6.07, 6.45) is 0. The van der Waals surface area contributed by atoms with Crippen molar-refractivity contribution < 1.29 is 19.1 Å². The Morgan fingerprint density at radius 2 is 1.79 bits per heavy atom. The molecule has 2 amide bonds. The second kappa shape index (κ2) is 8.42. The van der Waals surface area contributed by atoms with Crippen LogP contribution >= 0.6 is 23.2 Å². The molecule has 0 bridgehead atoms. The summed E-state index contributed by atoms with van der Waals surface area (Å²) in [7, 11) is 1.43. The standard InChI is InChI=1S/C16H14Cl2N2O4/c1-23-13-7-6-10(17)8-11(13)16(22)20-19-15(21)9-24-14-5-3-2-4-12(14)18/h2-8H,9H2,1H3,(H,19,21)(H,20,22). The fourth-order valence-electron chi connectivity index (χ4n) is 1.79. The van der Waals surface area contributed by atoms with E-state index in [1.54, 1.807) is 36.4 Å². The normalized spacial score (nSPS) is 9.96. The summed E-state index contributed by atoms with van der Waals surface area (Å²) < 4.78 is 10.3. The molecule has 0 fully saturated rings. The molecule has 0 aliphatic heterocycles. The van der Waals surface area contributed by atoms with Crippen molar-refractivity contribution in [3.8, 4) is 11.5 Å². The summed E-state index contributed by atoms with van der Waals surface area (Å²) >= 11 is 11.8. The monoisotopic (exact) mass is 368 g/mol. The van der Waals surface area contributed by atoms with Gasteiger partial charge in [0.1, 0.15) is 11.5 Å². The molecule has 0 radical (unpaired) electrons. The number of hydrogen-bond donors (Lipinski definition) is 2. The Morgan fingerprint density at radius 3 is 2.50 bits per heavy atom. The third-order valence-electron chi connectivity index (χ3n) is 2.92. The van der Waals surface area contributed by atoms with Gasteiger partial charge in [0.25, 0.3) is 11.8 Å². The van der Waals surface area contributed by atoms with Gasteiger partial charge in [0.15, 0.2) is 6.61 Å². The van der Waals surface area contributed by atoms with Crippen LogP contribution in [0.15, 0.2) is 42.5 Å². The number of para-hydroxylation sites is 1. The first-order valence-corrected chi connectivity index (χ1v) is 7.57. The van der Waals surface area contributed by atoms with Crippen LogP contribution in [0.5, 0.6) is 11.5 Å². The van der Waals surface area contributed by atoms with Crippen LogP contribution in [-0.4, -0.2) is 25.5 Å². The Labute approximate surface area is 148 Å². The lowest BCUT2D eigenvalue weighted by Crippen LogP contribution is -2.43. The Hall–Kier alpha value is -2.44. The molecule has 2 rings (SSSR count). The van der Waals surface area contributed by atoms with Gasteiger partial charge in [-0.15, -0.1) is 0 Å². The van der Waals surface area contributed by atoms with Gasteiger partial charge in [-0.1, -0.05) is 35.3 Å². The first-order valence-electron chi connectivity index (χ1n) is 6.81. The fraction of sp³-hybridized carbons (Fsp3) is 0.125. The van der Waals surface area contributed by atoms with E-state index in [1.807, 2.05) is 0 Å². The van der Waals surface area contributed by atoms with Crippen LogP contribution in [0.4, 0.5) is 0 Å². The van der Waals surface area contributed by atoms with Crippen molar-refractivity contribution in [1.82, 2.24) is 10.9 Å². The quantitative estimate of drug-likeness (QED) is 0.795. The number of hydrogen-bond acceptors (Lipinski definition) is 4. The zero-order chi connectivity index (χ0) is 17.5. The number of methoxy groups -OCH3 is 1. The third kappa shape index (κ3) is 4.78. The maximum atomic E-state index is 12.1. The Morgan fingerprint density at radius 1 is 1.04 bits per heavy atom. The van der Waals surface area contributed by atoms with E-state index in [0.717, 1.165) is 0 Å². The molecule has 24 heavy (non-hydrogen) atoms. The molecule has 2 aromatic rings. The topological polar surface area (TPSA) is 76.7 Å². The molecule has 0 saturated carbocycles. The van der Waals surface area contributed by atoms with Gasteiger partial charge in [0.2, 0.25) is 0 Å². The summed E-state index contributed by atoms with van der Waals surface area (Å²) in [5.41, 5.74) is 4.69. The van der Waals surface area contributed by atoms with Crippen LogP contribution in [0.3, 0.4) is 0 Å². The molecule has 0 heterocycles. The second-order valence-corrected chi connectivity index (χ2v) is 5.41. The summed E-state index contributed by atoms with van der Waals surface area (Å²) in [5.74, 6) is -0.416. The van der Waals surface area contributed by atoms with E-state index in [0.29, 0.717) is 21.5 Å². The zero-order valence-corrected chi connectivity index (χ0v) is 14.1. The molecule has 0 spiro atoms. The Bertz CT molecular complexity index is 753. The number of halogens is 2. The largest absolute Gasteiger partial charge is 0.496 e. The molecular formula is C16H14Cl2N2O4. The number of carbonyl (C=O) groups excluding carboxylic acids is 2. The summed E-state index contributed by atoms with van der Waals surface area (Å²) in [6.45, 7) is -0.309. The summed E-state index contributed by atoms with van der Waals surface area (Å²) in [4.78, 5) is 23.8. The molecule has 2 aromatic carbocycles. The average Bonchev–Trinajstić information content (AvgIpc) is 2.59. The zero-order valence-electron chi connectivity index (χ0n) is 12.6. The molecular weight excluding hydrogens is 355 g/mol. The molecule has 0 atom stereocenters. The van der Waals surface area contributed by atoms with Crippen LogP contribution in [0.1, 0.15) is 10.4 Å². The number of amides is 2. The highest BCUT2D eigenvalue weighted by atomic mass is 35.5. The van der Waals surface area contributed by atoms with E-state index in [9.17, 15) is 9.59 Å². The molecule has 126 valence electrons. The van der Waals surface area contributed by atoms with Gasteiger partial charge in [0.05, 0.1) is 17.7 Å². The fourth-order valence-corrected chi connectivity index (χ4v) is 2.16. The van der Waals surface area contributed by atoms with Gasteiger partial charge < -0.3 is 9.47 Å². The van der Waals surface area contributed by atoms with Crippen LogP contribution in [-0.2, 0) is 4.79 Å². The van der Waals surface area contributed by atoms with Crippen molar-refractivity contribution in [2.45, 2.75) is 0 Å². The molecule has 0 aromatic heterocycles. The minimum absolute atomic E-state index is 0.192. The minimum atomic E-state index is -0.569. The molecule has 0 unspecified atom stereocenters. The molecule has 6 nitrogen and oxygen atoms in total. The van der Waals surface area contributed by atoms with Crippen LogP contribution in [0, 0.1) is 0 Å². The summed E-state index contributed by atoms with van der Waals surface area (Å²) in [6, 6.07) is 11.3. The smallest absolute Gasteiger partial charge is 0.276 e. The third-order valence-corrected chi connectivity index (χ3v) is 3.46. The Balaban J connectivity index is 1.89. The van der Waals surface area contributed by atoms with E-state index < -0.39 is 11.8 Å². The van der Waals surface area contributed by atoms with Crippen molar-refractivity contribution >= 4 is 35.0 Å². The molecule has 2 N–H and O–H groups in total. The van der Waals surface area contributed by atoms with Gasteiger partial charge in [-0.3, -0.25) is 20.4 Å². The van der Waals surface area contributed by atoms with Crippen molar-refractivity contribution in [3.63, 3.8) is 0 Å². The van der Waals surface area contributed by atoms with Crippen LogP contribution < -0.4 is 20.3 Å². The van der Waals surface area contributed by atoms with E-state index >= 15 is 0 Å². The predicted molar refractivity (Wildman–Crippen MR) is 90.6 cm³/mol. The SMILES string of the molecule is COc1ccc(Cl)cc1C(=O)NNC(=O)COc1ccccc1Cl. The molecule has 8 heteroatoms. The highest BCUT2D eigenvalue weighted by Gasteiger charge is 2.14. The van der Waals surface area contributed by atoms with Crippen LogP contribution in [0.2, 0.25) is 10.0 Å². The molecule has 0 saturated heterocycles. The molecule has 0 aliphatic carbocycles. The van der Waals surface area contributed by atoms with E-state index in [1.165, 1.54) is 13.2 Å². The van der Waals surface area contributed by atoms with Crippen molar-refractivity contribution in [1.29, 1.82) is 0 Å². The number of carbonyl (C=O) groups is 2. The van der Waals surface area contributed by atoms with Gasteiger partial charge in [0, 0.05) is 5.02 Å². The highest BCUT2D eigenvalue weighted by Crippen LogP contribution is 2.23. The number of benzene rings is 2. The van der Waals surface area contributed by atoms with E-state index in [2.05, 4.69) is 10.9 Å². The maximum absolute atomic E-state index is 12.1. The second-order valence-electron chi connectivity index (χ2n) is 4.57. The van der Waals surface area contributed by atoms with E-state index in [4.69, 9.17) is 32.7 Å². The van der Waals surface area contributed by atoms with Crippen molar-refractivity contribution in [2.75, 3.05) is 13.7 Å². The van der Waals surface area contributed by atoms with Gasteiger partial charge >= 0.3 is 0 Å². The Kier molecular flexibility index (Phi) is 6.28. The highest BCUT2D eigenvalue weighted by molar-refractivity contribution is 6.32. The number of rotatable bonds is 5. The summed E-state index contributed by atoms with van der Waals surface area (Å²) in [5, 5.41) is 0.757. The number of hydrazine groups is 1. The predicted octanol–water partition coefficient (Wildman–Crippen LogP) is 2.84. The minimum Gasteiger partial charge on any atom is -0.496 e. The van der Waals surface area contributed by atoms with Crippen molar-refractivity contribution in [3.05, 3.63) is 58.1 Å². The van der Waals surface area contributed by atoms with Gasteiger partial charge in [-0.25, -0.2) is 0 Å². The lowest BCUT2D eigenvalue weighted by molar-refractivity contribution is -0.123. The molecule has 0 aliphatic rings. The number of ether oxygens (including phenoxy) is 2. The van der Waals surface area contributed by atoms with Crippen LogP contribution in [0.25, 0.3) is 0 Å². The number of nitrogens with one attached hydrogen (secondary N) is 2. The average molecular weight is 369 g/mol. The van der Waals surface area contributed by atoms with E-state index in [-0.39, 0.29) is 12.2 Å². The van der Waals surface area contributed by atoms with Gasteiger partial charge in [-0.05, 0) is 30.3 Å². The maximum Gasteiger partial charge on any atom is 0.276 e. The first kappa shape index (κ1) is 17.9. The lowest BCUT2D eigenvalue weighted by Gasteiger charge is -2.11. The lowest BCUT2D eigenvalue weighted by atomic mass is 10.2. The van der Waals surface area contributed by atoms with Crippen molar-refractivity contribution in [2.24, 2.45) is 0 Å². The van der Waals surface area contributed by atoms with Gasteiger partial charge in [-0.2, -0.15) is 0 Å².